The third kappa shape index (κ3) is 2.83. The predicted molar refractivity (Wildman–Crippen MR) is 92.1 cm³/mol. The van der Waals surface area contributed by atoms with E-state index in [2.05, 4.69) is 23.4 Å². The van der Waals surface area contributed by atoms with Gasteiger partial charge in [0.25, 0.3) is 0 Å². The van der Waals surface area contributed by atoms with Crippen molar-refractivity contribution < 1.29 is 9.00 Å². The molecule has 0 aliphatic carbocycles. The molecule has 5 nitrogen and oxygen atoms in total. The average molecular weight is 331 g/mol. The highest BCUT2D eigenvalue weighted by Gasteiger charge is 2.29. The van der Waals surface area contributed by atoms with Crippen molar-refractivity contribution >= 4 is 22.5 Å². The smallest absolute Gasteiger partial charge is 0.228 e. The average Bonchev–Trinajstić information content (AvgIpc) is 2.99. The Kier molecular flexibility index (Phi) is 4.10. The quantitative estimate of drug-likeness (QED) is 0.940. The lowest BCUT2D eigenvalue weighted by Gasteiger charge is -2.15. The minimum atomic E-state index is -0.926. The van der Waals surface area contributed by atoms with Crippen LogP contribution in [0.5, 0.6) is 0 Å². The van der Waals surface area contributed by atoms with Crippen molar-refractivity contribution in [1.82, 2.24) is 9.78 Å². The Bertz CT molecular complexity index is 808. The number of anilines is 1. The standard InChI is InChI=1S/C17H21N3O2S/c1-10(2)17(21)18-16-13-8-23(22)9-14(13)19-20(16)15-7-5-6-11(3)12(15)4/h5-7,10H,8-9H2,1-4H3,(H,18,21). The number of rotatable bonds is 3. The number of amides is 1. The van der Waals surface area contributed by atoms with Gasteiger partial charge in [-0.05, 0) is 31.0 Å². The summed E-state index contributed by atoms with van der Waals surface area (Å²) in [4.78, 5) is 12.2. The van der Waals surface area contributed by atoms with E-state index in [9.17, 15) is 9.00 Å². The second kappa shape index (κ2) is 5.92. The number of carbonyl (C=O) groups excluding carboxylic acids is 1. The van der Waals surface area contributed by atoms with Gasteiger partial charge in [-0.2, -0.15) is 5.10 Å². The highest BCUT2D eigenvalue weighted by molar-refractivity contribution is 7.83. The zero-order chi connectivity index (χ0) is 16.7. The van der Waals surface area contributed by atoms with E-state index in [-0.39, 0.29) is 11.8 Å². The molecule has 0 spiro atoms. The topological polar surface area (TPSA) is 64.0 Å². The molecular formula is C17H21N3O2S. The Morgan fingerprint density at radius 1 is 1.30 bits per heavy atom. The molecule has 6 heteroatoms. The van der Waals surface area contributed by atoms with Gasteiger partial charge in [-0.1, -0.05) is 26.0 Å². The van der Waals surface area contributed by atoms with Crippen molar-refractivity contribution in [2.24, 2.45) is 5.92 Å². The summed E-state index contributed by atoms with van der Waals surface area (Å²) in [5, 5.41) is 7.62. The number of hydrogen-bond donors (Lipinski definition) is 1. The fourth-order valence-electron chi connectivity index (χ4n) is 2.66. The van der Waals surface area contributed by atoms with Gasteiger partial charge in [-0.25, -0.2) is 4.68 Å². The monoisotopic (exact) mass is 331 g/mol. The molecule has 0 bridgehead atoms. The van der Waals surface area contributed by atoms with Crippen LogP contribution in [-0.4, -0.2) is 19.9 Å². The molecule has 1 aliphatic rings. The molecule has 1 amide bonds. The summed E-state index contributed by atoms with van der Waals surface area (Å²) in [5.74, 6) is 1.39. The minimum Gasteiger partial charge on any atom is -0.310 e. The largest absolute Gasteiger partial charge is 0.310 e. The Labute approximate surface area is 138 Å². The zero-order valence-corrected chi connectivity index (χ0v) is 14.7. The summed E-state index contributed by atoms with van der Waals surface area (Å²) in [6.45, 7) is 7.81. The van der Waals surface area contributed by atoms with Gasteiger partial charge in [0.2, 0.25) is 5.91 Å². The maximum atomic E-state index is 12.2. The van der Waals surface area contributed by atoms with Crippen molar-refractivity contribution in [3.63, 3.8) is 0 Å². The van der Waals surface area contributed by atoms with Crippen LogP contribution in [0.3, 0.4) is 0 Å². The van der Waals surface area contributed by atoms with Crippen molar-refractivity contribution in [1.29, 1.82) is 0 Å². The van der Waals surface area contributed by atoms with Gasteiger partial charge in [-0.3, -0.25) is 9.00 Å². The van der Waals surface area contributed by atoms with E-state index >= 15 is 0 Å². The normalized spacial score (nSPS) is 16.7. The second-order valence-corrected chi connectivity index (χ2v) is 7.73. The van der Waals surface area contributed by atoms with Gasteiger partial charge in [0.05, 0.1) is 22.9 Å². The summed E-state index contributed by atoms with van der Waals surface area (Å²) >= 11 is 0. The second-order valence-electron chi connectivity index (χ2n) is 6.28. The molecule has 1 N–H and O–H groups in total. The summed E-state index contributed by atoms with van der Waals surface area (Å²) < 4.78 is 13.6. The van der Waals surface area contributed by atoms with Crippen LogP contribution in [0.1, 0.15) is 36.2 Å². The molecule has 1 aliphatic heterocycles. The molecule has 2 aromatic rings. The van der Waals surface area contributed by atoms with Gasteiger partial charge in [0, 0.05) is 22.3 Å². The molecule has 0 radical (unpaired) electrons. The molecule has 2 heterocycles. The highest BCUT2D eigenvalue weighted by atomic mass is 32.2. The van der Waals surface area contributed by atoms with Crippen LogP contribution in [0.4, 0.5) is 5.82 Å². The third-order valence-corrected chi connectivity index (χ3v) is 5.45. The molecule has 1 atom stereocenters. The van der Waals surface area contributed by atoms with Crippen molar-refractivity contribution in [3.8, 4) is 5.69 Å². The summed E-state index contributed by atoms with van der Waals surface area (Å²) in [6, 6.07) is 6.03. The van der Waals surface area contributed by atoms with Crippen molar-refractivity contribution in [3.05, 3.63) is 40.6 Å². The van der Waals surface area contributed by atoms with E-state index < -0.39 is 10.8 Å². The van der Waals surface area contributed by atoms with Crippen LogP contribution < -0.4 is 5.32 Å². The molecule has 0 saturated heterocycles. The molecule has 1 aromatic carbocycles. The maximum absolute atomic E-state index is 12.2. The first-order valence-corrected chi connectivity index (χ1v) is 9.20. The molecule has 3 rings (SSSR count). The van der Waals surface area contributed by atoms with E-state index in [1.807, 2.05) is 32.9 Å². The Morgan fingerprint density at radius 2 is 2.04 bits per heavy atom. The van der Waals surface area contributed by atoms with E-state index in [0.29, 0.717) is 17.3 Å². The Balaban J connectivity index is 2.14. The van der Waals surface area contributed by atoms with Crippen molar-refractivity contribution in [2.45, 2.75) is 39.2 Å². The van der Waals surface area contributed by atoms with E-state index in [0.717, 1.165) is 22.5 Å². The predicted octanol–water partition coefficient (Wildman–Crippen LogP) is 2.85. The lowest BCUT2D eigenvalue weighted by molar-refractivity contribution is -0.118. The summed E-state index contributed by atoms with van der Waals surface area (Å²) in [5.41, 5.74) is 4.96. The Morgan fingerprint density at radius 3 is 2.74 bits per heavy atom. The zero-order valence-electron chi connectivity index (χ0n) is 13.8. The number of carbonyl (C=O) groups is 1. The number of aromatic nitrogens is 2. The van der Waals surface area contributed by atoms with E-state index in [1.165, 1.54) is 5.56 Å². The van der Waals surface area contributed by atoms with Gasteiger partial charge in [-0.15, -0.1) is 0 Å². The molecule has 122 valence electrons. The molecular weight excluding hydrogens is 310 g/mol. The van der Waals surface area contributed by atoms with E-state index in [4.69, 9.17) is 0 Å². The van der Waals surface area contributed by atoms with Crippen LogP contribution in [0.2, 0.25) is 0 Å². The molecule has 1 aromatic heterocycles. The number of nitrogens with one attached hydrogen (secondary N) is 1. The van der Waals surface area contributed by atoms with Crippen molar-refractivity contribution in [2.75, 3.05) is 5.32 Å². The van der Waals surface area contributed by atoms with E-state index in [1.54, 1.807) is 4.68 Å². The van der Waals surface area contributed by atoms with Gasteiger partial charge >= 0.3 is 0 Å². The van der Waals surface area contributed by atoms with Crippen LogP contribution in [0.25, 0.3) is 5.69 Å². The lowest BCUT2D eigenvalue weighted by Crippen LogP contribution is -2.21. The lowest BCUT2D eigenvalue weighted by atomic mass is 10.1. The summed E-state index contributed by atoms with van der Waals surface area (Å²) in [6.07, 6.45) is 0. The minimum absolute atomic E-state index is 0.0584. The van der Waals surface area contributed by atoms with Crippen LogP contribution in [0, 0.1) is 19.8 Å². The molecule has 0 saturated carbocycles. The first-order valence-electron chi connectivity index (χ1n) is 7.71. The molecule has 1 unspecified atom stereocenters. The number of aryl methyl sites for hydroxylation is 1. The number of fused-ring (bicyclic) bond motifs is 1. The molecule has 0 fully saturated rings. The number of nitrogens with zero attached hydrogens (tertiary/aromatic N) is 2. The number of benzene rings is 1. The molecule has 23 heavy (non-hydrogen) atoms. The third-order valence-electron chi connectivity index (χ3n) is 4.24. The van der Waals surface area contributed by atoms with Gasteiger partial charge in [0.1, 0.15) is 5.82 Å². The summed E-state index contributed by atoms with van der Waals surface area (Å²) in [7, 11) is -0.926. The van der Waals surface area contributed by atoms with Gasteiger partial charge < -0.3 is 5.32 Å². The SMILES string of the molecule is Cc1cccc(-n2nc3c(c2NC(=O)C(C)C)CS(=O)C3)c1C. The van der Waals surface area contributed by atoms with Crippen LogP contribution >= 0.6 is 0 Å². The maximum Gasteiger partial charge on any atom is 0.228 e. The van der Waals surface area contributed by atoms with Crippen LogP contribution in [0.15, 0.2) is 18.2 Å². The Hall–Kier alpha value is -1.95. The number of hydrogen-bond acceptors (Lipinski definition) is 3. The van der Waals surface area contributed by atoms with Crippen LogP contribution in [-0.2, 0) is 27.1 Å². The van der Waals surface area contributed by atoms with Gasteiger partial charge in [0.15, 0.2) is 0 Å². The first kappa shape index (κ1) is 15.9. The fraction of sp³-hybridized carbons (Fsp3) is 0.412. The highest BCUT2D eigenvalue weighted by Crippen LogP contribution is 2.32. The fourth-order valence-corrected chi connectivity index (χ4v) is 3.92. The first-order chi connectivity index (χ1) is 10.9.